The van der Waals surface area contributed by atoms with Gasteiger partial charge in [-0.05, 0) is 30.7 Å². The van der Waals surface area contributed by atoms with Crippen molar-refractivity contribution in [2.24, 2.45) is 0 Å². The maximum Gasteiger partial charge on any atom is 0.261 e. The van der Waals surface area contributed by atoms with Gasteiger partial charge in [0.05, 0.1) is 11.3 Å². The number of rotatable bonds is 0. The second-order valence-corrected chi connectivity index (χ2v) is 4.21. The molecule has 0 atom stereocenters. The van der Waals surface area contributed by atoms with E-state index in [1.807, 2.05) is 13.0 Å². The van der Waals surface area contributed by atoms with Crippen LogP contribution in [0.1, 0.15) is 15.9 Å². The number of carbonyl (C=O) groups excluding carboxylic acids is 1. The molecule has 3 rings (SSSR count). The van der Waals surface area contributed by atoms with Gasteiger partial charge in [0.15, 0.2) is 5.82 Å². The molecular formula is C13H12N4O. The summed E-state index contributed by atoms with van der Waals surface area (Å²) < 4.78 is 0. The van der Waals surface area contributed by atoms with Crippen molar-refractivity contribution in [1.29, 1.82) is 0 Å². The summed E-state index contributed by atoms with van der Waals surface area (Å²) in [5, 5.41) is 3.12. The molecule has 0 saturated carbocycles. The number of nitrogens with zero attached hydrogens (tertiary/aromatic N) is 3. The highest BCUT2D eigenvalue weighted by molar-refractivity contribution is 6.12. The lowest BCUT2D eigenvalue weighted by Crippen LogP contribution is -2.26. The van der Waals surface area contributed by atoms with Crippen molar-refractivity contribution >= 4 is 23.2 Å². The van der Waals surface area contributed by atoms with E-state index in [2.05, 4.69) is 15.3 Å². The van der Waals surface area contributed by atoms with Gasteiger partial charge in [0.1, 0.15) is 5.82 Å². The van der Waals surface area contributed by atoms with Crippen LogP contribution >= 0.6 is 0 Å². The molecule has 1 aliphatic rings. The average molecular weight is 240 g/mol. The Labute approximate surface area is 104 Å². The first kappa shape index (κ1) is 10.7. The zero-order chi connectivity index (χ0) is 12.7. The number of carbonyl (C=O) groups is 1. The number of amides is 1. The first-order chi connectivity index (χ1) is 8.68. The fourth-order valence-electron chi connectivity index (χ4n) is 2.14. The maximum absolute atomic E-state index is 12.4. The van der Waals surface area contributed by atoms with Gasteiger partial charge in [0.2, 0.25) is 0 Å². The van der Waals surface area contributed by atoms with Gasteiger partial charge in [0, 0.05) is 19.4 Å². The van der Waals surface area contributed by atoms with Crippen LogP contribution in [0.4, 0.5) is 17.3 Å². The molecule has 0 aromatic carbocycles. The van der Waals surface area contributed by atoms with E-state index in [9.17, 15) is 4.79 Å². The standard InChI is InChI=1S/C13H12N4O/c1-8-5-7-15-12-10(8)17(2)13(18)9-4-3-6-14-11(9)16-12/h3-7H,1-2H3,(H,14,15,16). The molecule has 0 radical (unpaired) electrons. The number of hydrogen-bond acceptors (Lipinski definition) is 4. The Balaban J connectivity index is 2.27. The van der Waals surface area contributed by atoms with Crippen molar-refractivity contribution in [2.45, 2.75) is 6.92 Å². The highest BCUT2D eigenvalue weighted by atomic mass is 16.2. The predicted molar refractivity (Wildman–Crippen MR) is 69.2 cm³/mol. The van der Waals surface area contributed by atoms with Crippen LogP contribution in [-0.2, 0) is 0 Å². The molecule has 0 unspecified atom stereocenters. The summed E-state index contributed by atoms with van der Waals surface area (Å²) in [5.74, 6) is 1.12. The van der Waals surface area contributed by atoms with Crippen molar-refractivity contribution in [3.05, 3.63) is 41.7 Å². The van der Waals surface area contributed by atoms with Gasteiger partial charge >= 0.3 is 0 Å². The molecule has 1 N–H and O–H groups in total. The number of fused-ring (bicyclic) bond motifs is 2. The van der Waals surface area contributed by atoms with Crippen LogP contribution in [-0.4, -0.2) is 22.9 Å². The van der Waals surface area contributed by atoms with Gasteiger partial charge < -0.3 is 10.2 Å². The highest BCUT2D eigenvalue weighted by Gasteiger charge is 2.26. The summed E-state index contributed by atoms with van der Waals surface area (Å²) in [7, 11) is 1.75. The van der Waals surface area contributed by atoms with Gasteiger partial charge in [0.25, 0.3) is 5.91 Å². The smallest absolute Gasteiger partial charge is 0.261 e. The average Bonchev–Trinajstić information content (AvgIpc) is 2.48. The number of aryl methyl sites for hydroxylation is 1. The van der Waals surface area contributed by atoms with E-state index >= 15 is 0 Å². The zero-order valence-corrected chi connectivity index (χ0v) is 10.1. The molecule has 90 valence electrons. The summed E-state index contributed by atoms with van der Waals surface area (Å²) >= 11 is 0. The lowest BCUT2D eigenvalue weighted by atomic mass is 10.2. The monoisotopic (exact) mass is 240 g/mol. The Morgan fingerprint density at radius 2 is 1.94 bits per heavy atom. The molecule has 0 saturated heterocycles. The summed E-state index contributed by atoms with van der Waals surface area (Å²) in [6.45, 7) is 1.95. The summed E-state index contributed by atoms with van der Waals surface area (Å²) in [6.07, 6.45) is 3.37. The molecular weight excluding hydrogens is 228 g/mol. The molecule has 0 spiro atoms. The Kier molecular flexibility index (Phi) is 2.26. The molecule has 3 heterocycles. The lowest BCUT2D eigenvalue weighted by molar-refractivity contribution is 0.0994. The molecule has 2 aromatic heterocycles. The Morgan fingerprint density at radius 3 is 2.78 bits per heavy atom. The fourth-order valence-corrected chi connectivity index (χ4v) is 2.14. The summed E-state index contributed by atoms with van der Waals surface area (Å²) in [6, 6.07) is 5.39. The predicted octanol–water partition coefficient (Wildman–Crippen LogP) is 2.12. The minimum atomic E-state index is -0.0829. The van der Waals surface area contributed by atoms with E-state index in [1.54, 1.807) is 36.5 Å². The van der Waals surface area contributed by atoms with Gasteiger partial charge in [-0.15, -0.1) is 0 Å². The molecule has 5 nitrogen and oxygen atoms in total. The van der Waals surface area contributed by atoms with Crippen molar-refractivity contribution in [2.75, 3.05) is 17.3 Å². The van der Waals surface area contributed by atoms with Gasteiger partial charge in [-0.1, -0.05) is 0 Å². The number of aromatic nitrogens is 2. The minimum absolute atomic E-state index is 0.0829. The zero-order valence-electron chi connectivity index (χ0n) is 10.1. The van der Waals surface area contributed by atoms with Crippen LogP contribution in [0.25, 0.3) is 0 Å². The molecule has 2 aromatic rings. The van der Waals surface area contributed by atoms with Crippen LogP contribution in [0.5, 0.6) is 0 Å². The normalized spacial score (nSPS) is 13.4. The molecule has 18 heavy (non-hydrogen) atoms. The Bertz CT molecular complexity index is 639. The number of anilines is 3. The van der Waals surface area contributed by atoms with Gasteiger partial charge in [-0.2, -0.15) is 0 Å². The van der Waals surface area contributed by atoms with Crippen LogP contribution in [0.3, 0.4) is 0 Å². The van der Waals surface area contributed by atoms with E-state index in [0.29, 0.717) is 17.2 Å². The number of hydrogen-bond donors (Lipinski definition) is 1. The van der Waals surface area contributed by atoms with E-state index < -0.39 is 0 Å². The topological polar surface area (TPSA) is 58.1 Å². The largest absolute Gasteiger partial charge is 0.323 e. The van der Waals surface area contributed by atoms with Crippen molar-refractivity contribution in [3.63, 3.8) is 0 Å². The maximum atomic E-state index is 12.4. The van der Waals surface area contributed by atoms with Gasteiger partial charge in [-0.3, -0.25) is 4.79 Å². The number of nitrogens with one attached hydrogen (secondary N) is 1. The van der Waals surface area contributed by atoms with Crippen LogP contribution in [0.15, 0.2) is 30.6 Å². The third-order valence-corrected chi connectivity index (χ3v) is 3.04. The van der Waals surface area contributed by atoms with E-state index in [-0.39, 0.29) is 5.91 Å². The Hall–Kier alpha value is -2.43. The first-order valence-corrected chi connectivity index (χ1v) is 5.64. The quantitative estimate of drug-likeness (QED) is 0.766. The van der Waals surface area contributed by atoms with Gasteiger partial charge in [-0.25, -0.2) is 9.97 Å². The summed E-state index contributed by atoms with van der Waals surface area (Å²) in [5.41, 5.74) is 2.34. The molecule has 0 aliphatic carbocycles. The van der Waals surface area contributed by atoms with E-state index in [0.717, 1.165) is 11.3 Å². The van der Waals surface area contributed by atoms with Crippen LogP contribution in [0, 0.1) is 6.92 Å². The molecule has 0 fully saturated rings. The molecule has 1 amide bonds. The Morgan fingerprint density at radius 1 is 1.17 bits per heavy atom. The van der Waals surface area contributed by atoms with Crippen molar-refractivity contribution in [1.82, 2.24) is 9.97 Å². The van der Waals surface area contributed by atoms with Crippen molar-refractivity contribution < 1.29 is 4.79 Å². The first-order valence-electron chi connectivity index (χ1n) is 5.64. The SMILES string of the molecule is Cc1ccnc2c1N(C)C(=O)c1cccnc1N2. The molecule has 0 bridgehead atoms. The second-order valence-electron chi connectivity index (χ2n) is 4.21. The minimum Gasteiger partial charge on any atom is -0.323 e. The third-order valence-electron chi connectivity index (χ3n) is 3.04. The van der Waals surface area contributed by atoms with Crippen LogP contribution < -0.4 is 10.2 Å². The van der Waals surface area contributed by atoms with E-state index in [4.69, 9.17) is 0 Å². The lowest BCUT2D eigenvalue weighted by Gasteiger charge is -2.18. The number of pyridine rings is 2. The highest BCUT2D eigenvalue weighted by Crippen LogP contribution is 2.34. The van der Waals surface area contributed by atoms with E-state index in [1.165, 1.54) is 0 Å². The van der Waals surface area contributed by atoms with Crippen LogP contribution in [0.2, 0.25) is 0 Å². The molecule has 5 heteroatoms. The second kappa shape index (κ2) is 3.80. The summed E-state index contributed by atoms with van der Waals surface area (Å²) in [4.78, 5) is 22.5. The molecule has 1 aliphatic heterocycles. The third kappa shape index (κ3) is 1.44. The fraction of sp³-hybridized carbons (Fsp3) is 0.154. The van der Waals surface area contributed by atoms with Crippen molar-refractivity contribution in [3.8, 4) is 0 Å².